The number of halogens is 1. The molecule has 2 saturated carbocycles. The van der Waals surface area contributed by atoms with Gasteiger partial charge in [-0.3, -0.25) is 0 Å². The van der Waals surface area contributed by atoms with Crippen molar-refractivity contribution in [1.29, 1.82) is 0 Å². The van der Waals surface area contributed by atoms with E-state index in [0.29, 0.717) is 17.5 Å². The molecule has 6 heteroatoms. The number of esters is 1. The monoisotopic (exact) mass is 339 g/mol. The van der Waals surface area contributed by atoms with Crippen LogP contribution in [0.15, 0.2) is 28.1 Å². The van der Waals surface area contributed by atoms with E-state index >= 15 is 0 Å². The Morgan fingerprint density at radius 3 is 2.52 bits per heavy atom. The number of carbonyl (C=O) groups is 1. The van der Waals surface area contributed by atoms with Crippen LogP contribution < -0.4 is 11.1 Å². The molecule has 0 radical (unpaired) electrons. The molecule has 2 aliphatic rings. The van der Waals surface area contributed by atoms with Crippen LogP contribution in [0.25, 0.3) is 0 Å². The highest BCUT2D eigenvalue weighted by atomic mass is 35.5. The third-order valence-electron chi connectivity index (χ3n) is 4.43. The van der Waals surface area contributed by atoms with Crippen LogP contribution in [-0.2, 0) is 9.53 Å². The fourth-order valence-electron chi connectivity index (χ4n) is 2.78. The van der Waals surface area contributed by atoms with Crippen molar-refractivity contribution in [2.24, 2.45) is 22.6 Å². The van der Waals surface area contributed by atoms with Crippen molar-refractivity contribution in [3.63, 3.8) is 0 Å². The number of aliphatic imine (C=N–C) groups is 1. The summed E-state index contributed by atoms with van der Waals surface area (Å²) in [6.07, 6.45) is 8.34. The van der Waals surface area contributed by atoms with E-state index in [1.54, 1.807) is 0 Å². The van der Waals surface area contributed by atoms with Crippen molar-refractivity contribution in [1.82, 2.24) is 5.32 Å². The maximum Gasteiger partial charge on any atom is 0.358 e. The average Bonchev–Trinajstić information content (AvgIpc) is 3.42. The Kier molecular flexibility index (Phi) is 6.51. The van der Waals surface area contributed by atoms with E-state index in [0.717, 1.165) is 19.4 Å². The lowest BCUT2D eigenvalue weighted by Gasteiger charge is -2.22. The number of nitrogens with zero attached hydrogens (tertiary/aromatic N) is 1. The van der Waals surface area contributed by atoms with Gasteiger partial charge in [0.2, 0.25) is 0 Å². The van der Waals surface area contributed by atoms with Gasteiger partial charge in [0.05, 0.1) is 7.11 Å². The van der Waals surface area contributed by atoms with Crippen molar-refractivity contribution in [2.45, 2.75) is 44.9 Å². The fraction of sp³-hybridized carbons (Fsp3) is 0.647. The predicted octanol–water partition coefficient (Wildman–Crippen LogP) is 3.06. The molecule has 23 heavy (non-hydrogen) atoms. The van der Waals surface area contributed by atoms with Crippen LogP contribution in [0.5, 0.6) is 0 Å². The lowest BCUT2D eigenvalue weighted by Crippen LogP contribution is -2.31. The number of hydrogen-bond donors (Lipinski definition) is 2. The summed E-state index contributed by atoms with van der Waals surface area (Å²) < 4.78 is 4.77. The summed E-state index contributed by atoms with van der Waals surface area (Å²) in [6, 6.07) is 0. The smallest absolute Gasteiger partial charge is 0.358 e. The minimum absolute atomic E-state index is 0.0275. The van der Waals surface area contributed by atoms with Gasteiger partial charge in [-0.1, -0.05) is 37.4 Å². The van der Waals surface area contributed by atoms with Crippen LogP contribution in [0.2, 0.25) is 0 Å². The standard InChI is InChI=1S/C17H26ClN3O2/c1-11(13-8-9-13)21-15(17(22)23-2)14(18)16(19)20-10-12-6-4-3-5-7-12/h12-13,20H,1,3-10,19H2,2H3/b16-14-,21-15+. The lowest BCUT2D eigenvalue weighted by atomic mass is 9.89. The quantitative estimate of drug-likeness (QED) is 0.552. The first-order valence-electron chi connectivity index (χ1n) is 8.28. The molecule has 0 aromatic rings. The molecule has 0 heterocycles. The topological polar surface area (TPSA) is 76.7 Å². The molecule has 0 aliphatic heterocycles. The second kappa shape index (κ2) is 8.39. The molecule has 128 valence electrons. The number of hydrogen-bond acceptors (Lipinski definition) is 5. The molecule has 2 fully saturated rings. The van der Waals surface area contributed by atoms with Crippen LogP contribution in [0, 0.1) is 11.8 Å². The largest absolute Gasteiger partial charge is 0.464 e. The molecule has 5 nitrogen and oxygen atoms in total. The van der Waals surface area contributed by atoms with Gasteiger partial charge in [-0.25, -0.2) is 9.79 Å². The Hall–Kier alpha value is -1.49. The van der Waals surface area contributed by atoms with E-state index in [9.17, 15) is 4.79 Å². The third-order valence-corrected chi connectivity index (χ3v) is 4.82. The van der Waals surface area contributed by atoms with Gasteiger partial charge in [-0.05, 0) is 31.6 Å². The summed E-state index contributed by atoms with van der Waals surface area (Å²) in [4.78, 5) is 16.2. The van der Waals surface area contributed by atoms with E-state index < -0.39 is 5.97 Å². The van der Waals surface area contributed by atoms with E-state index in [1.165, 1.54) is 39.2 Å². The average molecular weight is 340 g/mol. The molecular formula is C17H26ClN3O2. The summed E-state index contributed by atoms with van der Waals surface area (Å²) in [6.45, 7) is 4.66. The first kappa shape index (κ1) is 17.9. The maximum atomic E-state index is 11.9. The van der Waals surface area contributed by atoms with Gasteiger partial charge in [0.25, 0.3) is 0 Å². The van der Waals surface area contributed by atoms with Crippen molar-refractivity contribution >= 4 is 23.3 Å². The summed E-state index contributed by atoms with van der Waals surface area (Å²) in [5.74, 6) is 0.617. The lowest BCUT2D eigenvalue weighted by molar-refractivity contribution is -0.132. The molecule has 2 aliphatic carbocycles. The molecule has 0 aromatic heterocycles. The first-order chi connectivity index (χ1) is 11.0. The third kappa shape index (κ3) is 5.27. The molecule has 0 bridgehead atoms. The molecular weight excluding hydrogens is 314 g/mol. The number of nitrogens with two attached hydrogens (primary N) is 1. The van der Waals surface area contributed by atoms with Gasteiger partial charge in [-0.2, -0.15) is 0 Å². The van der Waals surface area contributed by atoms with Gasteiger partial charge in [0, 0.05) is 18.2 Å². The van der Waals surface area contributed by atoms with E-state index in [2.05, 4.69) is 16.9 Å². The molecule has 0 unspecified atom stereocenters. The van der Waals surface area contributed by atoms with Gasteiger partial charge >= 0.3 is 5.97 Å². The number of allylic oxidation sites excluding steroid dienone is 1. The zero-order valence-electron chi connectivity index (χ0n) is 13.7. The molecule has 0 atom stereocenters. The van der Waals surface area contributed by atoms with Crippen LogP contribution in [0.3, 0.4) is 0 Å². The highest BCUT2D eigenvalue weighted by Crippen LogP contribution is 2.36. The first-order valence-corrected chi connectivity index (χ1v) is 8.66. The molecule has 0 aromatic carbocycles. The van der Waals surface area contributed by atoms with E-state index in [1.807, 2.05) is 0 Å². The van der Waals surface area contributed by atoms with Crippen LogP contribution in [0.4, 0.5) is 0 Å². The molecule has 0 amide bonds. The second-order valence-corrected chi connectivity index (χ2v) is 6.71. The summed E-state index contributed by atoms with van der Waals surface area (Å²) in [5, 5.41) is 3.24. The molecule has 0 saturated heterocycles. The minimum atomic E-state index is -0.598. The number of rotatable bonds is 7. The maximum absolute atomic E-state index is 11.9. The molecule has 2 rings (SSSR count). The number of carbonyl (C=O) groups excluding carboxylic acids is 1. The Morgan fingerprint density at radius 1 is 1.30 bits per heavy atom. The predicted molar refractivity (Wildman–Crippen MR) is 93.0 cm³/mol. The number of methoxy groups -OCH3 is 1. The number of ether oxygens (including phenoxy) is 1. The highest BCUT2D eigenvalue weighted by Gasteiger charge is 2.27. The van der Waals surface area contributed by atoms with Crippen LogP contribution >= 0.6 is 11.6 Å². The summed E-state index contributed by atoms with van der Waals surface area (Å²) >= 11 is 6.28. The van der Waals surface area contributed by atoms with Crippen molar-refractivity contribution in [3.8, 4) is 0 Å². The van der Waals surface area contributed by atoms with Crippen molar-refractivity contribution < 1.29 is 9.53 Å². The van der Waals surface area contributed by atoms with Gasteiger partial charge < -0.3 is 15.8 Å². The van der Waals surface area contributed by atoms with Gasteiger partial charge in [0.1, 0.15) is 10.9 Å². The molecule has 3 N–H and O–H groups in total. The Morgan fingerprint density at radius 2 is 1.96 bits per heavy atom. The zero-order chi connectivity index (χ0) is 16.8. The Balaban J connectivity index is 2.05. The molecule has 0 spiro atoms. The van der Waals surface area contributed by atoms with Gasteiger partial charge in [-0.15, -0.1) is 0 Å². The van der Waals surface area contributed by atoms with E-state index in [4.69, 9.17) is 22.1 Å². The Bertz CT molecular complexity index is 518. The van der Waals surface area contributed by atoms with Crippen LogP contribution in [0.1, 0.15) is 44.9 Å². The number of nitrogens with one attached hydrogen (secondary N) is 1. The Labute approximate surface area is 143 Å². The van der Waals surface area contributed by atoms with Gasteiger partial charge in [0.15, 0.2) is 5.71 Å². The van der Waals surface area contributed by atoms with Crippen molar-refractivity contribution in [3.05, 3.63) is 23.1 Å². The fourth-order valence-corrected chi connectivity index (χ4v) is 2.97. The second-order valence-electron chi connectivity index (χ2n) is 6.33. The van der Waals surface area contributed by atoms with Crippen molar-refractivity contribution in [2.75, 3.05) is 13.7 Å². The van der Waals surface area contributed by atoms with E-state index in [-0.39, 0.29) is 16.6 Å². The zero-order valence-corrected chi connectivity index (χ0v) is 14.5. The highest BCUT2D eigenvalue weighted by molar-refractivity contribution is 6.58. The normalized spacial score (nSPS) is 20.7. The summed E-state index contributed by atoms with van der Waals surface area (Å²) in [5.41, 5.74) is 6.70. The van der Waals surface area contributed by atoms with Crippen LogP contribution in [-0.4, -0.2) is 25.3 Å². The minimum Gasteiger partial charge on any atom is -0.464 e. The summed E-state index contributed by atoms with van der Waals surface area (Å²) in [7, 11) is 1.30. The SMILES string of the molecule is C=C(/N=C(C(=O)OC)\C(Cl)=C(/N)NCC1CCCCC1)C1CC1.